The maximum Gasteiger partial charge on any atom is 0.199 e. The van der Waals surface area contributed by atoms with E-state index in [2.05, 4.69) is 9.97 Å². The Hall–Kier alpha value is -4.58. The van der Waals surface area contributed by atoms with Crippen LogP contribution < -0.4 is 9.47 Å². The summed E-state index contributed by atoms with van der Waals surface area (Å²) in [6, 6.07) is 25.4. The van der Waals surface area contributed by atoms with E-state index < -0.39 is 0 Å². The van der Waals surface area contributed by atoms with Gasteiger partial charge in [0.1, 0.15) is 0 Å². The number of ether oxygens (including phenoxy) is 2. The molecule has 6 heteroatoms. The van der Waals surface area contributed by atoms with E-state index in [-0.39, 0.29) is 5.88 Å². The Labute approximate surface area is 197 Å². The van der Waals surface area contributed by atoms with Crippen molar-refractivity contribution in [2.75, 3.05) is 14.2 Å². The number of methoxy groups -OCH3 is 2. The molecule has 5 rings (SSSR count). The number of H-pyrrole nitrogens is 1. The third kappa shape index (κ3) is 3.97. The lowest BCUT2D eigenvalue weighted by molar-refractivity contribution is 0.356. The summed E-state index contributed by atoms with van der Waals surface area (Å²) >= 11 is 0. The number of pyridine rings is 1. The minimum Gasteiger partial charge on any atom is -0.494 e. The van der Waals surface area contributed by atoms with Gasteiger partial charge in [-0.15, -0.1) is 0 Å². The first-order chi connectivity index (χ1) is 16.7. The van der Waals surface area contributed by atoms with Gasteiger partial charge < -0.3 is 19.6 Å². The van der Waals surface area contributed by atoms with Crippen LogP contribution in [0.4, 0.5) is 5.69 Å². The van der Waals surface area contributed by atoms with Crippen LogP contribution in [0.3, 0.4) is 0 Å². The molecule has 0 unspecified atom stereocenters. The van der Waals surface area contributed by atoms with Crippen molar-refractivity contribution in [2.24, 2.45) is 4.99 Å². The maximum atomic E-state index is 10.9. The van der Waals surface area contributed by atoms with Crippen molar-refractivity contribution in [1.29, 1.82) is 0 Å². The van der Waals surface area contributed by atoms with Crippen molar-refractivity contribution < 1.29 is 14.6 Å². The lowest BCUT2D eigenvalue weighted by atomic mass is 10.0. The summed E-state index contributed by atoms with van der Waals surface area (Å²) in [6.45, 7) is 0. The van der Waals surface area contributed by atoms with Crippen LogP contribution in [0.1, 0.15) is 11.1 Å². The van der Waals surface area contributed by atoms with E-state index in [0.29, 0.717) is 22.8 Å². The van der Waals surface area contributed by atoms with Crippen molar-refractivity contribution in [3.63, 3.8) is 0 Å². The Morgan fingerprint density at radius 2 is 1.47 bits per heavy atom. The van der Waals surface area contributed by atoms with Crippen molar-refractivity contribution in [2.45, 2.75) is 0 Å². The van der Waals surface area contributed by atoms with E-state index >= 15 is 0 Å². The number of hydrogen-bond donors (Lipinski definition) is 2. The number of benzene rings is 3. The Balaban J connectivity index is 1.67. The van der Waals surface area contributed by atoms with E-state index in [1.165, 1.54) is 0 Å². The van der Waals surface area contributed by atoms with Crippen LogP contribution in [0.5, 0.6) is 17.4 Å². The molecular formula is C28H23N3O3. The molecule has 0 spiro atoms. The molecule has 0 saturated heterocycles. The lowest BCUT2D eigenvalue weighted by Crippen LogP contribution is -2.03. The Kier molecular flexibility index (Phi) is 5.70. The second-order valence-corrected chi connectivity index (χ2v) is 7.71. The number of aliphatic imine (C=N–C) groups is 1. The summed E-state index contributed by atoms with van der Waals surface area (Å²) in [7, 11) is 3.17. The van der Waals surface area contributed by atoms with Gasteiger partial charge in [-0.25, -0.2) is 4.99 Å². The molecule has 0 aliphatic rings. The zero-order valence-electron chi connectivity index (χ0n) is 18.8. The van der Waals surface area contributed by atoms with Gasteiger partial charge in [-0.3, -0.25) is 4.98 Å². The molecule has 2 N–H and O–H groups in total. The van der Waals surface area contributed by atoms with Crippen LogP contribution in [0, 0.1) is 0 Å². The summed E-state index contributed by atoms with van der Waals surface area (Å²) in [6.07, 6.45) is 3.55. The number of hydrogen-bond acceptors (Lipinski definition) is 5. The first-order valence-corrected chi connectivity index (χ1v) is 10.8. The molecule has 0 aliphatic carbocycles. The molecule has 2 aromatic heterocycles. The third-order valence-corrected chi connectivity index (χ3v) is 5.69. The molecule has 0 aliphatic heterocycles. The molecule has 0 saturated carbocycles. The van der Waals surface area contributed by atoms with Gasteiger partial charge in [-0.1, -0.05) is 42.5 Å². The first kappa shape index (κ1) is 21.3. The topological polar surface area (TPSA) is 79.7 Å². The molecule has 0 radical (unpaired) electrons. The lowest BCUT2D eigenvalue weighted by Gasteiger charge is -2.10. The average Bonchev–Trinajstić information content (AvgIpc) is 3.22. The van der Waals surface area contributed by atoms with Gasteiger partial charge in [-0.05, 0) is 41.5 Å². The van der Waals surface area contributed by atoms with E-state index in [0.717, 1.165) is 33.3 Å². The van der Waals surface area contributed by atoms with Crippen LogP contribution in [0.25, 0.3) is 22.0 Å². The molecule has 34 heavy (non-hydrogen) atoms. The fourth-order valence-corrected chi connectivity index (χ4v) is 4.01. The number of aromatic hydroxyl groups is 1. The Bertz CT molecular complexity index is 1460. The summed E-state index contributed by atoms with van der Waals surface area (Å²) in [4.78, 5) is 12.1. The fourth-order valence-electron chi connectivity index (χ4n) is 4.01. The number of rotatable bonds is 6. The number of nitrogens with zero attached hydrogens (tertiary/aromatic N) is 2. The van der Waals surface area contributed by atoms with Crippen LogP contribution in [0.15, 0.2) is 96.2 Å². The summed E-state index contributed by atoms with van der Waals surface area (Å²) in [5.41, 5.74) is 5.78. The van der Waals surface area contributed by atoms with Crippen LogP contribution in [0.2, 0.25) is 0 Å². The van der Waals surface area contributed by atoms with Crippen LogP contribution in [-0.2, 0) is 0 Å². The molecule has 2 heterocycles. The Morgan fingerprint density at radius 3 is 2.15 bits per heavy atom. The van der Waals surface area contributed by atoms with Gasteiger partial charge in [0.05, 0.1) is 36.7 Å². The van der Waals surface area contributed by atoms with Crippen LogP contribution >= 0.6 is 0 Å². The predicted octanol–water partition coefficient (Wildman–Crippen LogP) is 6.12. The molecule has 0 amide bonds. The number of aromatic nitrogens is 2. The van der Waals surface area contributed by atoms with E-state index in [4.69, 9.17) is 14.5 Å². The predicted molar refractivity (Wildman–Crippen MR) is 134 cm³/mol. The second kappa shape index (κ2) is 9.11. The van der Waals surface area contributed by atoms with Crippen molar-refractivity contribution in [3.05, 3.63) is 102 Å². The van der Waals surface area contributed by atoms with Gasteiger partial charge >= 0.3 is 0 Å². The van der Waals surface area contributed by atoms with Gasteiger partial charge in [0, 0.05) is 29.4 Å². The molecule has 6 nitrogen and oxygen atoms in total. The summed E-state index contributed by atoms with van der Waals surface area (Å²) < 4.78 is 10.9. The molecule has 5 aromatic rings. The number of nitrogens with one attached hydrogen (secondary N) is 1. The largest absolute Gasteiger partial charge is 0.494 e. The maximum absolute atomic E-state index is 10.9. The second-order valence-electron chi connectivity index (χ2n) is 7.71. The normalized spacial score (nSPS) is 11.5. The fraction of sp³-hybridized carbons (Fsp3) is 0.0714. The van der Waals surface area contributed by atoms with Crippen LogP contribution in [-0.4, -0.2) is 35.0 Å². The minimum absolute atomic E-state index is 0.0290. The quantitative estimate of drug-likeness (QED) is 0.306. The third-order valence-electron chi connectivity index (χ3n) is 5.69. The average molecular weight is 450 g/mol. The first-order valence-electron chi connectivity index (χ1n) is 10.8. The highest BCUT2D eigenvalue weighted by Crippen LogP contribution is 2.38. The number of fused-ring (bicyclic) bond motifs is 1. The van der Waals surface area contributed by atoms with E-state index in [9.17, 15) is 5.11 Å². The minimum atomic E-state index is 0.0290. The molecule has 0 fully saturated rings. The van der Waals surface area contributed by atoms with Gasteiger partial charge in [0.15, 0.2) is 17.4 Å². The Morgan fingerprint density at radius 1 is 0.824 bits per heavy atom. The highest BCUT2D eigenvalue weighted by atomic mass is 16.5. The summed E-state index contributed by atoms with van der Waals surface area (Å²) in [5, 5.41) is 11.7. The standard InChI is InChI=1S/C28H23N3O3/c1-33-24-16-22-23(17-25(24)34-2)31-28(32)26(22)27(20-6-4-3-5-7-20)30-21-10-8-18(9-11-21)19-12-14-29-15-13-19/h3-17,31-32H,1-2H3. The molecule has 3 aromatic carbocycles. The zero-order valence-corrected chi connectivity index (χ0v) is 18.8. The van der Waals surface area contributed by atoms with E-state index in [1.807, 2.05) is 78.9 Å². The number of aromatic amines is 1. The molecular weight excluding hydrogens is 426 g/mol. The molecule has 0 bridgehead atoms. The SMILES string of the molecule is COc1cc2[nH]c(O)c(C(=Nc3ccc(-c4ccncc4)cc3)c3ccccc3)c2cc1OC. The van der Waals surface area contributed by atoms with Gasteiger partial charge in [0.25, 0.3) is 0 Å². The summed E-state index contributed by atoms with van der Waals surface area (Å²) in [5.74, 6) is 1.18. The highest BCUT2D eigenvalue weighted by molar-refractivity contribution is 6.22. The van der Waals surface area contributed by atoms with Crippen molar-refractivity contribution in [3.8, 4) is 28.5 Å². The smallest absolute Gasteiger partial charge is 0.199 e. The van der Waals surface area contributed by atoms with Crippen molar-refractivity contribution >= 4 is 22.3 Å². The van der Waals surface area contributed by atoms with Crippen molar-refractivity contribution in [1.82, 2.24) is 9.97 Å². The molecule has 0 atom stereocenters. The van der Waals surface area contributed by atoms with E-state index in [1.54, 1.807) is 26.6 Å². The van der Waals surface area contributed by atoms with Gasteiger partial charge in [-0.2, -0.15) is 0 Å². The molecule has 168 valence electrons. The van der Waals surface area contributed by atoms with Gasteiger partial charge in [0.2, 0.25) is 0 Å². The zero-order chi connectivity index (χ0) is 23.5. The monoisotopic (exact) mass is 449 g/mol. The highest BCUT2D eigenvalue weighted by Gasteiger charge is 2.21.